The maximum atomic E-state index is 12.8. The van der Waals surface area contributed by atoms with Gasteiger partial charge in [0.25, 0.3) is 11.2 Å². The van der Waals surface area contributed by atoms with E-state index in [0.29, 0.717) is 29.5 Å². The third-order valence-corrected chi connectivity index (χ3v) is 5.11. The number of nitrogens with zero attached hydrogens (tertiary/aromatic N) is 3. The molecule has 0 aliphatic rings. The molecule has 0 saturated carbocycles. The Morgan fingerprint density at radius 3 is 2.68 bits per heavy atom. The number of rotatable bonds is 6. The normalized spacial score (nSPS) is 11.5. The lowest BCUT2D eigenvalue weighted by Crippen LogP contribution is -2.17. The number of fused-ring (bicyclic) bond motifs is 1. The first-order chi connectivity index (χ1) is 14.5. The molecule has 0 fully saturated rings. The Balaban J connectivity index is 1.66. The van der Waals surface area contributed by atoms with Crippen LogP contribution in [0.4, 0.5) is 18.9 Å². The van der Waals surface area contributed by atoms with Gasteiger partial charge >= 0.3 is 12.1 Å². The van der Waals surface area contributed by atoms with Crippen molar-refractivity contribution in [3.8, 4) is 0 Å². The molecule has 0 aliphatic carbocycles. The number of esters is 1. The van der Waals surface area contributed by atoms with Gasteiger partial charge in [0, 0.05) is 18.3 Å². The molecule has 12 heteroatoms. The number of benzene rings is 1. The van der Waals surface area contributed by atoms with E-state index in [-0.39, 0.29) is 28.5 Å². The molecule has 0 unspecified atom stereocenters. The molecule has 0 atom stereocenters. The van der Waals surface area contributed by atoms with Crippen molar-refractivity contribution in [3.63, 3.8) is 0 Å². The Labute approximate surface area is 176 Å². The predicted molar refractivity (Wildman–Crippen MR) is 105 cm³/mol. The molecule has 162 valence electrons. The number of aryl methyl sites for hydroxylation is 1. The van der Waals surface area contributed by atoms with E-state index >= 15 is 0 Å². The van der Waals surface area contributed by atoms with Crippen molar-refractivity contribution in [1.29, 1.82) is 0 Å². The van der Waals surface area contributed by atoms with Gasteiger partial charge in [-0.3, -0.25) is 24.1 Å². The lowest BCUT2D eigenvalue weighted by atomic mass is 10.2. The molecule has 2 heterocycles. The van der Waals surface area contributed by atoms with Gasteiger partial charge in [-0.25, -0.2) is 4.98 Å². The van der Waals surface area contributed by atoms with Crippen LogP contribution in [0, 0.1) is 17.0 Å². The molecule has 1 aromatic carbocycles. The van der Waals surface area contributed by atoms with Crippen molar-refractivity contribution < 1.29 is 27.6 Å². The number of carbonyl (C=O) groups excluding carboxylic acids is 1. The van der Waals surface area contributed by atoms with E-state index in [4.69, 9.17) is 4.74 Å². The maximum absolute atomic E-state index is 12.8. The topological polar surface area (TPSA) is 104 Å². The Morgan fingerprint density at radius 2 is 2.00 bits per heavy atom. The molecule has 0 amide bonds. The van der Waals surface area contributed by atoms with Crippen LogP contribution in [0.25, 0.3) is 5.65 Å². The SMILES string of the molecule is Cc1ccc2nc(COC(=O)CSc3ccc(C(F)(F)F)cc3[N+](=O)[O-])cc(=O)n2c1. The standard InChI is InChI=1S/C19H14F3N3O5S/c1-11-2-5-16-23-13(7-17(26)24(16)8-11)9-30-18(27)10-31-15-4-3-12(19(20,21)22)6-14(15)25(28)29/h2-8H,9-10H2,1H3. The number of hydrogen-bond donors (Lipinski definition) is 0. The molecule has 2 aromatic heterocycles. The lowest BCUT2D eigenvalue weighted by Gasteiger charge is -2.09. The van der Waals surface area contributed by atoms with Crippen molar-refractivity contribution >= 4 is 29.1 Å². The molecule has 0 aliphatic heterocycles. The van der Waals surface area contributed by atoms with E-state index in [0.717, 1.165) is 11.6 Å². The predicted octanol–water partition coefficient (Wildman–Crippen LogP) is 3.77. The number of alkyl halides is 3. The second kappa shape index (κ2) is 8.76. The minimum Gasteiger partial charge on any atom is -0.459 e. The number of ether oxygens (including phenoxy) is 1. The van der Waals surface area contributed by atoms with E-state index in [2.05, 4.69) is 4.98 Å². The first-order valence-corrected chi connectivity index (χ1v) is 9.66. The highest BCUT2D eigenvalue weighted by Crippen LogP contribution is 2.36. The summed E-state index contributed by atoms with van der Waals surface area (Å²) in [5.74, 6) is -1.15. The molecule has 0 spiro atoms. The van der Waals surface area contributed by atoms with Crippen molar-refractivity contribution in [1.82, 2.24) is 9.38 Å². The van der Waals surface area contributed by atoms with Crippen LogP contribution in [0.2, 0.25) is 0 Å². The van der Waals surface area contributed by atoms with E-state index in [1.807, 2.05) is 6.92 Å². The van der Waals surface area contributed by atoms with Crippen molar-refractivity contribution in [3.05, 3.63) is 79.9 Å². The van der Waals surface area contributed by atoms with Crippen LogP contribution in [0.5, 0.6) is 0 Å². The molecule has 0 bridgehead atoms. The number of hydrogen-bond acceptors (Lipinski definition) is 7. The summed E-state index contributed by atoms with van der Waals surface area (Å²) < 4.78 is 44.6. The zero-order valence-corrected chi connectivity index (χ0v) is 16.7. The van der Waals surface area contributed by atoms with E-state index in [1.54, 1.807) is 18.3 Å². The van der Waals surface area contributed by atoms with Crippen molar-refractivity contribution in [2.75, 3.05) is 5.75 Å². The second-order valence-electron chi connectivity index (χ2n) is 6.41. The third kappa shape index (κ3) is 5.40. The first-order valence-electron chi connectivity index (χ1n) is 8.67. The van der Waals surface area contributed by atoms with Crippen LogP contribution in [0.1, 0.15) is 16.8 Å². The molecular weight excluding hydrogens is 439 g/mol. The van der Waals surface area contributed by atoms with Crippen LogP contribution >= 0.6 is 11.8 Å². The summed E-state index contributed by atoms with van der Waals surface area (Å²) in [5, 5.41) is 11.1. The number of thioether (sulfide) groups is 1. The molecule has 0 radical (unpaired) electrons. The molecular formula is C19H14F3N3O5S. The number of pyridine rings is 1. The number of nitro benzene ring substituents is 1. The maximum Gasteiger partial charge on any atom is 0.416 e. The lowest BCUT2D eigenvalue weighted by molar-refractivity contribution is -0.388. The summed E-state index contributed by atoms with van der Waals surface area (Å²) >= 11 is 0.675. The first kappa shape index (κ1) is 22.3. The van der Waals surface area contributed by atoms with Gasteiger partial charge in [-0.2, -0.15) is 13.2 Å². The fourth-order valence-corrected chi connectivity index (χ4v) is 3.43. The van der Waals surface area contributed by atoms with Crippen LogP contribution in [0.15, 0.2) is 52.3 Å². The average Bonchev–Trinajstić information content (AvgIpc) is 2.70. The average molecular weight is 453 g/mol. The number of nitro groups is 1. The fraction of sp³-hybridized carbons (Fsp3) is 0.211. The minimum atomic E-state index is -4.73. The van der Waals surface area contributed by atoms with Gasteiger partial charge in [0.05, 0.1) is 26.8 Å². The van der Waals surface area contributed by atoms with Gasteiger partial charge in [0.1, 0.15) is 12.3 Å². The van der Waals surface area contributed by atoms with Gasteiger partial charge in [-0.05, 0) is 30.7 Å². The van der Waals surface area contributed by atoms with Crippen LogP contribution < -0.4 is 5.56 Å². The van der Waals surface area contributed by atoms with E-state index in [1.165, 1.54) is 10.5 Å². The summed E-state index contributed by atoms with van der Waals surface area (Å²) in [6.07, 6.45) is -3.11. The van der Waals surface area contributed by atoms with E-state index in [9.17, 15) is 32.9 Å². The highest BCUT2D eigenvalue weighted by molar-refractivity contribution is 8.00. The smallest absolute Gasteiger partial charge is 0.416 e. The minimum absolute atomic E-state index is 0.104. The Hall–Kier alpha value is -3.41. The highest BCUT2D eigenvalue weighted by Gasteiger charge is 2.33. The van der Waals surface area contributed by atoms with Crippen molar-refractivity contribution in [2.24, 2.45) is 0 Å². The summed E-state index contributed by atoms with van der Waals surface area (Å²) in [5.41, 5.74) is -0.812. The van der Waals surface area contributed by atoms with Crippen LogP contribution in [0.3, 0.4) is 0 Å². The largest absolute Gasteiger partial charge is 0.459 e. The monoisotopic (exact) mass is 453 g/mol. The Kier molecular flexibility index (Phi) is 6.29. The fourth-order valence-electron chi connectivity index (χ4n) is 2.62. The van der Waals surface area contributed by atoms with Gasteiger partial charge < -0.3 is 4.74 Å². The Morgan fingerprint density at radius 1 is 1.26 bits per heavy atom. The Bertz CT molecular complexity index is 1230. The quantitative estimate of drug-likeness (QED) is 0.242. The van der Waals surface area contributed by atoms with Crippen LogP contribution in [-0.2, 0) is 22.3 Å². The molecule has 0 saturated heterocycles. The van der Waals surface area contributed by atoms with Gasteiger partial charge in [-0.1, -0.05) is 6.07 Å². The van der Waals surface area contributed by atoms with Gasteiger partial charge in [0.15, 0.2) is 0 Å². The summed E-state index contributed by atoms with van der Waals surface area (Å²) in [6.45, 7) is 1.52. The van der Waals surface area contributed by atoms with Gasteiger partial charge in [-0.15, -0.1) is 11.8 Å². The number of aromatic nitrogens is 2. The summed E-state index contributed by atoms with van der Waals surface area (Å²) in [4.78, 5) is 38.4. The summed E-state index contributed by atoms with van der Waals surface area (Å²) in [7, 11) is 0. The summed E-state index contributed by atoms with van der Waals surface area (Å²) in [6, 6.07) is 6.68. The number of carbonyl (C=O) groups is 1. The molecule has 31 heavy (non-hydrogen) atoms. The van der Waals surface area contributed by atoms with Crippen LogP contribution in [-0.4, -0.2) is 26.0 Å². The molecule has 3 rings (SSSR count). The molecule has 8 nitrogen and oxygen atoms in total. The molecule has 0 N–H and O–H groups in total. The second-order valence-corrected chi connectivity index (χ2v) is 7.42. The zero-order chi connectivity index (χ0) is 22.8. The van der Waals surface area contributed by atoms with E-state index < -0.39 is 28.3 Å². The highest BCUT2D eigenvalue weighted by atomic mass is 32.2. The zero-order valence-electron chi connectivity index (χ0n) is 15.9. The molecule has 3 aromatic rings. The number of halogens is 3. The third-order valence-electron chi connectivity index (χ3n) is 4.07. The van der Waals surface area contributed by atoms with Crippen molar-refractivity contribution in [2.45, 2.75) is 24.6 Å². The van der Waals surface area contributed by atoms with Gasteiger partial charge in [0.2, 0.25) is 0 Å².